The average Bonchev–Trinajstić information content (AvgIpc) is 2.53. The van der Waals surface area contributed by atoms with Crippen LogP contribution in [0.15, 0.2) is 22.1 Å². The summed E-state index contributed by atoms with van der Waals surface area (Å²) in [4.78, 5) is 9.07. The Morgan fingerprint density at radius 1 is 1.15 bits per heavy atom. The Morgan fingerprint density at radius 3 is 2.38 bits per heavy atom. The van der Waals surface area contributed by atoms with Crippen LogP contribution in [0.2, 0.25) is 0 Å². The molecule has 1 spiro atoms. The van der Waals surface area contributed by atoms with Crippen LogP contribution in [-0.2, 0) is 6.18 Å². The number of nitrogens with zero attached hydrogens (tertiary/aromatic N) is 4. The molecule has 1 aromatic carbocycles. The van der Waals surface area contributed by atoms with Gasteiger partial charge >= 0.3 is 6.18 Å². The van der Waals surface area contributed by atoms with Crippen molar-refractivity contribution in [3.05, 3.63) is 29.1 Å². The molecule has 1 saturated carbocycles. The van der Waals surface area contributed by atoms with E-state index in [2.05, 4.69) is 9.98 Å². The fourth-order valence-corrected chi connectivity index (χ4v) is 3.58. The summed E-state index contributed by atoms with van der Waals surface area (Å²) in [6.07, 6.45) is -1.86. The number of alkyl halides is 3. The second-order valence-electron chi connectivity index (χ2n) is 6.25. The van der Waals surface area contributed by atoms with Gasteiger partial charge in [0.25, 0.3) is 0 Å². The van der Waals surface area contributed by atoms with Crippen molar-refractivity contribution in [3.63, 3.8) is 0 Å². The van der Waals surface area contributed by atoms with Crippen molar-refractivity contribution >= 4 is 17.6 Å². The summed E-state index contributed by atoms with van der Waals surface area (Å²) in [5, 5.41) is 9.32. The lowest BCUT2D eigenvalue weighted by Gasteiger charge is -2.46. The van der Waals surface area contributed by atoms with Gasteiger partial charge in [-0.2, -0.15) is 23.4 Å². The number of hydrogen-bond acceptors (Lipinski definition) is 6. The molecule has 0 aromatic heterocycles. The highest BCUT2D eigenvalue weighted by atomic mass is 19.4. The Hall–Kier alpha value is -2.83. The molecule has 0 atom stereocenters. The van der Waals surface area contributed by atoms with Crippen LogP contribution in [0.1, 0.15) is 43.2 Å². The number of aliphatic imine (C=N–C) groups is 2. The lowest BCUT2D eigenvalue weighted by atomic mass is 9.86. The molecule has 0 amide bonds. The van der Waals surface area contributed by atoms with E-state index in [0.717, 1.165) is 11.3 Å². The summed E-state index contributed by atoms with van der Waals surface area (Å²) in [5.41, 5.74) is 7.79. The molecule has 0 bridgehead atoms. The minimum atomic E-state index is -4.82. The maximum absolute atomic E-state index is 14.2. The highest BCUT2D eigenvalue weighted by Gasteiger charge is 2.47. The molecular weight excluding hydrogens is 352 g/mol. The van der Waals surface area contributed by atoms with Crippen LogP contribution in [0, 0.1) is 17.1 Å². The van der Waals surface area contributed by atoms with Crippen molar-refractivity contribution in [1.29, 1.82) is 5.26 Å². The van der Waals surface area contributed by atoms with Gasteiger partial charge in [0.15, 0.2) is 0 Å². The summed E-state index contributed by atoms with van der Waals surface area (Å²) in [6.45, 7) is 0. The summed E-state index contributed by atoms with van der Waals surface area (Å²) in [7, 11) is 0. The van der Waals surface area contributed by atoms with E-state index in [1.165, 1.54) is 6.07 Å². The van der Waals surface area contributed by atoms with Gasteiger partial charge in [-0.15, -0.1) is 0 Å². The summed E-state index contributed by atoms with van der Waals surface area (Å²) in [6, 6.07) is 2.73. The highest BCUT2D eigenvalue weighted by molar-refractivity contribution is 6.06. The van der Waals surface area contributed by atoms with Gasteiger partial charge in [-0.3, -0.25) is 4.90 Å². The minimum absolute atomic E-state index is 0.149. The van der Waals surface area contributed by atoms with Crippen molar-refractivity contribution in [2.24, 2.45) is 21.5 Å². The van der Waals surface area contributed by atoms with E-state index in [-0.39, 0.29) is 11.9 Å². The zero-order valence-electron chi connectivity index (χ0n) is 13.6. The minimum Gasteiger partial charge on any atom is -0.369 e. The maximum Gasteiger partial charge on any atom is 0.418 e. The third kappa shape index (κ3) is 2.83. The fourth-order valence-electron chi connectivity index (χ4n) is 3.58. The predicted octanol–water partition coefficient (Wildman–Crippen LogP) is 2.83. The van der Waals surface area contributed by atoms with Crippen molar-refractivity contribution in [3.8, 4) is 6.07 Å². The number of guanidine groups is 2. The Balaban J connectivity index is 2.32. The average molecular weight is 368 g/mol. The first-order chi connectivity index (χ1) is 12.2. The normalized spacial score (nSPS) is 19.7. The molecule has 26 heavy (non-hydrogen) atoms. The first kappa shape index (κ1) is 18.0. The molecule has 3 rings (SSSR count). The SMILES string of the molecule is N#Cc1c(F)ccc(C(F)(F)F)c1N1C(N)=NC(N)=NC12CCCCC2. The topological polar surface area (TPSA) is 104 Å². The third-order valence-electron chi connectivity index (χ3n) is 4.62. The number of rotatable bonds is 1. The van der Waals surface area contributed by atoms with Gasteiger partial charge in [-0.25, -0.2) is 9.38 Å². The molecule has 0 unspecified atom stereocenters. The van der Waals surface area contributed by atoms with E-state index in [4.69, 9.17) is 11.5 Å². The van der Waals surface area contributed by atoms with E-state index in [1.807, 2.05) is 0 Å². The van der Waals surface area contributed by atoms with Gasteiger partial charge in [-0.05, 0) is 37.8 Å². The molecule has 138 valence electrons. The maximum atomic E-state index is 14.2. The molecule has 1 heterocycles. The van der Waals surface area contributed by atoms with Gasteiger partial charge in [-0.1, -0.05) is 6.42 Å². The summed E-state index contributed by atoms with van der Waals surface area (Å²) >= 11 is 0. The van der Waals surface area contributed by atoms with E-state index in [9.17, 15) is 22.8 Å². The third-order valence-corrected chi connectivity index (χ3v) is 4.62. The van der Waals surface area contributed by atoms with Crippen LogP contribution in [0.4, 0.5) is 23.2 Å². The van der Waals surface area contributed by atoms with Crippen LogP contribution < -0.4 is 16.4 Å². The molecule has 10 heteroatoms. The van der Waals surface area contributed by atoms with E-state index >= 15 is 0 Å². The Bertz CT molecular complexity index is 830. The molecule has 1 aromatic rings. The molecule has 0 saturated heterocycles. The van der Waals surface area contributed by atoms with Crippen LogP contribution in [0.3, 0.4) is 0 Å². The zero-order chi connectivity index (χ0) is 19.1. The first-order valence-corrected chi connectivity index (χ1v) is 7.99. The number of nitrogens with two attached hydrogens (primary N) is 2. The molecule has 6 nitrogen and oxygen atoms in total. The van der Waals surface area contributed by atoms with Crippen molar-refractivity contribution in [2.75, 3.05) is 4.90 Å². The molecule has 1 aliphatic heterocycles. The molecule has 1 fully saturated rings. The van der Waals surface area contributed by atoms with Gasteiger partial charge in [0, 0.05) is 0 Å². The largest absolute Gasteiger partial charge is 0.418 e. The zero-order valence-corrected chi connectivity index (χ0v) is 13.6. The standard InChI is InChI=1S/C16H16F4N6/c17-11-5-4-10(16(18,19)20)12(9(11)8-21)26-14(23)24-13(22)25-15(26)6-2-1-3-7-15/h4-5H,1-3,6-7H2,(H4,22,23,24,25). The Kier molecular flexibility index (Phi) is 4.26. The van der Waals surface area contributed by atoms with Crippen LogP contribution in [0.25, 0.3) is 0 Å². The summed E-state index contributed by atoms with van der Waals surface area (Å²) < 4.78 is 55.0. The monoisotopic (exact) mass is 368 g/mol. The lowest BCUT2D eigenvalue weighted by Crippen LogP contribution is -2.59. The van der Waals surface area contributed by atoms with Gasteiger partial charge in [0.2, 0.25) is 11.9 Å². The smallest absolute Gasteiger partial charge is 0.369 e. The first-order valence-electron chi connectivity index (χ1n) is 7.99. The van der Waals surface area contributed by atoms with Gasteiger partial charge in [0.1, 0.15) is 23.1 Å². The van der Waals surface area contributed by atoms with E-state index < -0.39 is 34.5 Å². The quantitative estimate of drug-likeness (QED) is 0.744. The van der Waals surface area contributed by atoms with Gasteiger partial charge in [0.05, 0.1) is 11.3 Å². The number of anilines is 1. The van der Waals surface area contributed by atoms with Crippen molar-refractivity contribution in [2.45, 2.75) is 43.9 Å². The Morgan fingerprint density at radius 2 is 1.81 bits per heavy atom. The van der Waals surface area contributed by atoms with Gasteiger partial charge < -0.3 is 11.5 Å². The van der Waals surface area contributed by atoms with Crippen LogP contribution >= 0.6 is 0 Å². The second-order valence-corrected chi connectivity index (χ2v) is 6.25. The van der Waals surface area contributed by atoms with Crippen LogP contribution in [-0.4, -0.2) is 17.6 Å². The summed E-state index contributed by atoms with van der Waals surface area (Å²) in [5.74, 6) is -1.56. The molecule has 2 aliphatic rings. The molecular formula is C16H16F4N6. The molecule has 4 N–H and O–H groups in total. The lowest BCUT2D eigenvalue weighted by molar-refractivity contribution is -0.137. The fraction of sp³-hybridized carbons (Fsp3) is 0.438. The number of halogens is 4. The van der Waals surface area contributed by atoms with E-state index in [0.29, 0.717) is 37.8 Å². The second kappa shape index (κ2) is 6.16. The number of nitriles is 1. The van der Waals surface area contributed by atoms with Crippen molar-refractivity contribution < 1.29 is 17.6 Å². The molecule has 1 aliphatic carbocycles. The Labute approximate surface area is 146 Å². The number of benzene rings is 1. The molecule has 0 radical (unpaired) electrons. The number of hydrogen-bond donors (Lipinski definition) is 2. The van der Waals surface area contributed by atoms with E-state index in [1.54, 1.807) is 0 Å². The van der Waals surface area contributed by atoms with Crippen molar-refractivity contribution in [1.82, 2.24) is 0 Å². The predicted molar refractivity (Wildman–Crippen MR) is 87.7 cm³/mol. The highest BCUT2D eigenvalue weighted by Crippen LogP contribution is 2.46. The van der Waals surface area contributed by atoms with Crippen LogP contribution in [0.5, 0.6) is 0 Å².